The molecule has 1 N–H and O–H groups in total. The first-order valence-corrected chi connectivity index (χ1v) is 6.38. The van der Waals surface area contributed by atoms with Crippen LogP contribution in [0.4, 0.5) is 8.78 Å². The molecule has 3 nitrogen and oxygen atoms in total. The predicted octanol–water partition coefficient (Wildman–Crippen LogP) is 1.63. The van der Waals surface area contributed by atoms with Crippen molar-refractivity contribution >= 4 is 5.91 Å². The lowest BCUT2D eigenvalue weighted by Crippen LogP contribution is -2.54. The van der Waals surface area contributed by atoms with Crippen LogP contribution in [0.3, 0.4) is 0 Å². The second kappa shape index (κ2) is 4.88. The second-order valence-electron chi connectivity index (χ2n) is 5.32. The Kier molecular flexibility index (Phi) is 3.66. The van der Waals surface area contributed by atoms with Gasteiger partial charge in [-0.2, -0.15) is 0 Å². The molecule has 2 rings (SSSR count). The minimum atomic E-state index is -2.69. The smallest absolute Gasteiger partial charge is 0.251 e. The largest absolute Gasteiger partial charge is 0.341 e. The van der Waals surface area contributed by atoms with Crippen LogP contribution in [-0.4, -0.2) is 42.4 Å². The number of hydrogen-bond acceptors (Lipinski definition) is 2. The van der Waals surface area contributed by atoms with Crippen molar-refractivity contribution in [2.45, 2.75) is 44.6 Å². The molecule has 2 saturated heterocycles. The molecular weight excluding hydrogens is 226 g/mol. The van der Waals surface area contributed by atoms with Crippen LogP contribution in [0.5, 0.6) is 0 Å². The van der Waals surface area contributed by atoms with E-state index in [4.69, 9.17) is 0 Å². The van der Waals surface area contributed by atoms with E-state index in [2.05, 4.69) is 12.2 Å². The summed E-state index contributed by atoms with van der Waals surface area (Å²) in [6.45, 7) is 3.82. The molecule has 0 radical (unpaired) electrons. The topological polar surface area (TPSA) is 32.3 Å². The van der Waals surface area contributed by atoms with Crippen LogP contribution >= 0.6 is 0 Å². The second-order valence-corrected chi connectivity index (χ2v) is 5.32. The van der Waals surface area contributed by atoms with Crippen LogP contribution in [0.15, 0.2) is 0 Å². The van der Waals surface area contributed by atoms with Crippen LogP contribution in [-0.2, 0) is 4.79 Å². The first kappa shape index (κ1) is 12.7. The summed E-state index contributed by atoms with van der Waals surface area (Å²) in [6.07, 6.45) is 1.45. The van der Waals surface area contributed by atoms with Gasteiger partial charge in [0.2, 0.25) is 5.91 Å². The number of piperidine rings is 2. The minimum Gasteiger partial charge on any atom is -0.341 e. The van der Waals surface area contributed by atoms with Crippen molar-refractivity contribution in [3.8, 4) is 0 Å². The van der Waals surface area contributed by atoms with Gasteiger partial charge in [0.25, 0.3) is 5.92 Å². The molecule has 2 aliphatic rings. The quantitative estimate of drug-likeness (QED) is 0.762. The highest BCUT2D eigenvalue weighted by Gasteiger charge is 2.40. The van der Waals surface area contributed by atoms with Crippen molar-refractivity contribution < 1.29 is 13.6 Å². The average Bonchev–Trinajstić information content (AvgIpc) is 2.28. The highest BCUT2D eigenvalue weighted by atomic mass is 19.3. The van der Waals surface area contributed by atoms with Crippen LogP contribution < -0.4 is 5.32 Å². The summed E-state index contributed by atoms with van der Waals surface area (Å²) in [6, 6.07) is -0.688. The van der Waals surface area contributed by atoms with Gasteiger partial charge in [-0.3, -0.25) is 4.79 Å². The van der Waals surface area contributed by atoms with Crippen LogP contribution in [0.25, 0.3) is 0 Å². The fourth-order valence-corrected chi connectivity index (χ4v) is 2.53. The maximum atomic E-state index is 13.2. The fourth-order valence-electron chi connectivity index (χ4n) is 2.53. The summed E-state index contributed by atoms with van der Waals surface area (Å²) >= 11 is 0. The Morgan fingerprint density at radius 3 is 2.59 bits per heavy atom. The lowest BCUT2D eigenvalue weighted by molar-refractivity contribution is -0.139. The van der Waals surface area contributed by atoms with E-state index in [1.807, 2.05) is 0 Å². The van der Waals surface area contributed by atoms with Crippen LogP contribution in [0, 0.1) is 5.92 Å². The minimum absolute atomic E-state index is 0.142. The van der Waals surface area contributed by atoms with E-state index in [1.54, 1.807) is 4.90 Å². The lowest BCUT2D eigenvalue weighted by atomic mass is 9.96. The molecule has 0 aromatic heterocycles. The molecule has 2 fully saturated rings. The molecule has 0 bridgehead atoms. The maximum absolute atomic E-state index is 13.2. The number of nitrogens with one attached hydrogen (secondary N) is 1. The number of carbonyl (C=O) groups excluding carboxylic acids is 1. The third kappa shape index (κ3) is 3.15. The van der Waals surface area contributed by atoms with Gasteiger partial charge in [0.15, 0.2) is 0 Å². The van der Waals surface area contributed by atoms with Crippen LogP contribution in [0.1, 0.15) is 32.6 Å². The van der Waals surface area contributed by atoms with E-state index >= 15 is 0 Å². The first-order chi connectivity index (χ1) is 7.98. The molecule has 5 heteroatoms. The SMILES string of the molecule is CC1CCN(C(=O)[C@@H]2CC(F)(F)CCN2)CC1. The maximum Gasteiger partial charge on any atom is 0.251 e. The monoisotopic (exact) mass is 246 g/mol. The number of carbonyl (C=O) groups is 1. The Labute approximate surface area is 101 Å². The lowest BCUT2D eigenvalue weighted by Gasteiger charge is -2.36. The number of amides is 1. The number of alkyl halides is 2. The van der Waals surface area contributed by atoms with Crippen LogP contribution in [0.2, 0.25) is 0 Å². The fraction of sp³-hybridized carbons (Fsp3) is 0.917. The zero-order chi connectivity index (χ0) is 12.5. The Balaban J connectivity index is 1.91. The third-order valence-corrected chi connectivity index (χ3v) is 3.78. The van der Waals surface area contributed by atoms with Gasteiger partial charge in [0.05, 0.1) is 6.04 Å². The molecule has 98 valence electrons. The van der Waals surface area contributed by atoms with Crippen molar-refractivity contribution in [3.63, 3.8) is 0 Å². The summed E-state index contributed by atoms with van der Waals surface area (Å²) in [5.74, 6) is -2.19. The normalized spacial score (nSPS) is 30.3. The van der Waals surface area contributed by atoms with Gasteiger partial charge in [-0.25, -0.2) is 8.78 Å². The number of halogens is 2. The number of hydrogen-bond donors (Lipinski definition) is 1. The van der Waals surface area contributed by atoms with E-state index in [1.165, 1.54) is 0 Å². The standard InChI is InChI=1S/C12H20F2N2O/c1-9-2-6-16(7-3-9)11(17)10-8-12(13,14)4-5-15-10/h9-10,15H,2-8H2,1H3/t10-/m0/s1. The van der Waals surface area contributed by atoms with Crippen molar-refractivity contribution in [2.75, 3.05) is 19.6 Å². The third-order valence-electron chi connectivity index (χ3n) is 3.78. The number of likely N-dealkylation sites (tertiary alicyclic amines) is 1. The molecule has 1 atom stereocenters. The molecule has 0 spiro atoms. The van der Waals surface area contributed by atoms with Gasteiger partial charge in [0.1, 0.15) is 0 Å². The Morgan fingerprint density at radius 2 is 2.00 bits per heavy atom. The molecule has 0 unspecified atom stereocenters. The Bertz CT molecular complexity index is 288. The highest BCUT2D eigenvalue weighted by molar-refractivity contribution is 5.82. The van der Waals surface area contributed by atoms with Gasteiger partial charge >= 0.3 is 0 Å². The van der Waals surface area contributed by atoms with Gasteiger partial charge in [-0.05, 0) is 18.8 Å². The number of rotatable bonds is 1. The molecule has 2 aliphatic heterocycles. The molecule has 0 aromatic rings. The Morgan fingerprint density at radius 1 is 1.35 bits per heavy atom. The van der Waals surface area contributed by atoms with Crippen molar-refractivity contribution in [1.29, 1.82) is 0 Å². The zero-order valence-corrected chi connectivity index (χ0v) is 10.2. The molecule has 1 amide bonds. The summed E-state index contributed by atoms with van der Waals surface area (Å²) < 4.78 is 26.5. The Hall–Kier alpha value is -0.710. The molecule has 17 heavy (non-hydrogen) atoms. The van der Waals surface area contributed by atoms with E-state index < -0.39 is 12.0 Å². The van der Waals surface area contributed by atoms with Gasteiger partial charge in [0, 0.05) is 32.5 Å². The zero-order valence-electron chi connectivity index (χ0n) is 10.2. The molecular formula is C12H20F2N2O. The summed E-state index contributed by atoms with van der Waals surface area (Å²) in [5, 5.41) is 2.91. The first-order valence-electron chi connectivity index (χ1n) is 6.38. The summed E-state index contributed by atoms with van der Waals surface area (Å²) in [4.78, 5) is 13.8. The van der Waals surface area contributed by atoms with E-state index in [9.17, 15) is 13.6 Å². The van der Waals surface area contributed by atoms with Gasteiger partial charge < -0.3 is 10.2 Å². The number of nitrogens with zero attached hydrogens (tertiary/aromatic N) is 1. The summed E-state index contributed by atoms with van der Waals surface area (Å²) in [7, 11) is 0. The van der Waals surface area contributed by atoms with E-state index in [0.717, 1.165) is 12.8 Å². The van der Waals surface area contributed by atoms with Crippen molar-refractivity contribution in [3.05, 3.63) is 0 Å². The van der Waals surface area contributed by atoms with Crippen molar-refractivity contribution in [2.24, 2.45) is 5.92 Å². The molecule has 0 aromatic carbocycles. The molecule has 0 saturated carbocycles. The van der Waals surface area contributed by atoms with Gasteiger partial charge in [-0.15, -0.1) is 0 Å². The van der Waals surface area contributed by atoms with Crippen molar-refractivity contribution in [1.82, 2.24) is 10.2 Å². The average molecular weight is 246 g/mol. The predicted molar refractivity (Wildman–Crippen MR) is 60.9 cm³/mol. The molecule has 0 aliphatic carbocycles. The summed E-state index contributed by atoms with van der Waals surface area (Å²) in [5.41, 5.74) is 0. The molecule has 2 heterocycles. The van der Waals surface area contributed by atoms with Gasteiger partial charge in [-0.1, -0.05) is 6.92 Å². The van der Waals surface area contributed by atoms with E-state index in [0.29, 0.717) is 19.0 Å². The highest BCUT2D eigenvalue weighted by Crippen LogP contribution is 2.28. The van der Waals surface area contributed by atoms with E-state index in [-0.39, 0.29) is 25.3 Å².